The van der Waals surface area contributed by atoms with Crippen LogP contribution in [0.5, 0.6) is 0 Å². The number of hydrogen-bond donors (Lipinski definition) is 0. The first-order valence-electron chi connectivity index (χ1n) is 27.9. The van der Waals surface area contributed by atoms with E-state index < -0.39 is 268 Å². The van der Waals surface area contributed by atoms with Crippen LogP contribution in [0.1, 0.15) is 38.4 Å². The molecule has 218 valence electrons. The summed E-state index contributed by atoms with van der Waals surface area (Å²) in [4.78, 5) is 0. The van der Waals surface area contributed by atoms with E-state index in [-0.39, 0.29) is 0 Å². The summed E-state index contributed by atoms with van der Waals surface area (Å²) >= 11 is 0. The van der Waals surface area contributed by atoms with Gasteiger partial charge in [0.2, 0.25) is 0 Å². The van der Waals surface area contributed by atoms with E-state index in [4.69, 9.17) is 29.1 Å². The van der Waals surface area contributed by atoms with Gasteiger partial charge in [-0.25, -0.2) is 0 Å². The van der Waals surface area contributed by atoms with E-state index in [1.165, 1.54) is 0 Å². The number of furan rings is 1. The molecule has 0 saturated heterocycles. The van der Waals surface area contributed by atoms with Crippen LogP contribution in [-0.4, -0.2) is 0 Å². The van der Waals surface area contributed by atoms with Crippen molar-refractivity contribution in [1.29, 1.82) is 0 Å². The molecule has 0 spiro atoms. The first-order chi connectivity index (χ1) is 35.0. The topological polar surface area (TPSA) is 13.1 Å². The van der Waals surface area contributed by atoms with E-state index in [9.17, 15) is 13.7 Å². The second kappa shape index (κ2) is 10.2. The third kappa shape index (κ3) is 3.90. The summed E-state index contributed by atoms with van der Waals surface area (Å²) in [5, 5.41) is -6.54. The molecule has 0 bridgehead atoms. The van der Waals surface area contributed by atoms with Gasteiger partial charge in [-0.05, 0) is 101 Å². The summed E-state index contributed by atoms with van der Waals surface area (Å²) in [6, 6.07) is -26.5. The average molecular weight is 625 g/mol. The van der Waals surface area contributed by atoms with Crippen molar-refractivity contribution in [2.45, 2.75) is 0 Å². The zero-order chi connectivity index (χ0) is 55.3. The highest BCUT2D eigenvalue weighted by molar-refractivity contribution is 6.25. The number of hydrogen-bond acceptors (Lipinski definition) is 1. The lowest BCUT2D eigenvalue weighted by Crippen LogP contribution is -1.92. The monoisotopic (exact) mass is 624 g/mol. The van der Waals surface area contributed by atoms with Crippen LogP contribution in [-0.2, 0) is 0 Å². The molecule has 10 aromatic rings. The number of rotatable bonds is 3. The van der Waals surface area contributed by atoms with Gasteiger partial charge in [0.05, 0.1) is 38.4 Å². The largest absolute Gasteiger partial charge is 0.456 e. The Morgan fingerprint density at radius 2 is 0.872 bits per heavy atom. The van der Waals surface area contributed by atoms with Crippen molar-refractivity contribution < 1.29 is 42.8 Å². The lowest BCUT2D eigenvalue weighted by Gasteiger charge is -2.19. The zero-order valence-corrected chi connectivity index (χ0v) is 23.4. The van der Waals surface area contributed by atoms with Crippen molar-refractivity contribution >= 4 is 65.0 Å². The molecule has 10 rings (SSSR count). The molecule has 0 saturated carbocycles. The van der Waals surface area contributed by atoms with Crippen molar-refractivity contribution in [3.8, 4) is 33.4 Å². The van der Waals surface area contributed by atoms with Crippen molar-refractivity contribution in [2.24, 2.45) is 0 Å². The van der Waals surface area contributed by atoms with E-state index in [1.54, 1.807) is 0 Å². The molecular weight excluding hydrogens is 569 g/mol. The van der Waals surface area contributed by atoms with Crippen molar-refractivity contribution in [2.75, 3.05) is 0 Å². The second-order valence-corrected chi connectivity index (χ2v) is 10.3. The molecule has 47 heavy (non-hydrogen) atoms. The first kappa shape index (κ1) is 10.7. The molecule has 0 fully saturated rings. The molecule has 1 heterocycles. The molecule has 0 unspecified atom stereocenters. The quantitative estimate of drug-likeness (QED) is 0.141. The minimum absolute atomic E-state index is 0.492. The smallest absolute Gasteiger partial charge is 0.136 e. The Hall–Kier alpha value is -6.18. The second-order valence-electron chi connectivity index (χ2n) is 10.3. The fraction of sp³-hybridized carbons (Fsp3) is 0. The average Bonchev–Trinajstić information content (AvgIpc) is 3.79. The SMILES string of the molecule is [2H]c1c([2H])c(-c2c3c([2H])c([2H])c([2H])c([2H])c3c(-c3c([2H])c([2H])c([2H])c4oc5c([2H])c([2H])c([2H])c([2H])c5c34)c3c([2H])c([2H])c([2H])c([2H])c23)c([2H])c(-c2c([2H])c3c([2H])c([2H])c([2H])c([2H])c3c3c([2H])c([2H])c([2H])c([2H])c23)c1[2H]. The zero-order valence-electron chi connectivity index (χ0n) is 51.4. The van der Waals surface area contributed by atoms with Crippen LogP contribution in [0, 0.1) is 0 Å². The molecule has 0 aliphatic carbocycles. The first-order valence-corrected chi connectivity index (χ1v) is 13.9. The Morgan fingerprint density at radius 3 is 1.62 bits per heavy atom. The van der Waals surface area contributed by atoms with Crippen LogP contribution >= 0.6 is 0 Å². The minimum Gasteiger partial charge on any atom is -0.456 e. The highest BCUT2D eigenvalue weighted by atomic mass is 16.3. The Bertz CT molecular complexity index is 4360. The van der Waals surface area contributed by atoms with Gasteiger partial charge in [-0.15, -0.1) is 0 Å². The molecule has 1 heteroatoms. The molecule has 0 aliphatic heterocycles. The number of benzene rings is 9. The molecule has 0 aliphatic rings. The Balaban J connectivity index is 1.54. The summed E-state index contributed by atoms with van der Waals surface area (Å²) < 4.78 is 259. The highest BCUT2D eigenvalue weighted by Crippen LogP contribution is 2.47. The van der Waals surface area contributed by atoms with E-state index in [2.05, 4.69) is 0 Å². The minimum atomic E-state index is -1.12. The summed E-state index contributed by atoms with van der Waals surface area (Å²) in [5.41, 5.74) is -5.99. The highest BCUT2D eigenvalue weighted by Gasteiger charge is 2.20. The normalized spacial score (nSPS) is 20.2. The van der Waals surface area contributed by atoms with Crippen LogP contribution in [0.15, 0.2) is 174 Å². The van der Waals surface area contributed by atoms with E-state index in [0.717, 1.165) is 0 Å². The van der Waals surface area contributed by atoms with Crippen molar-refractivity contribution in [1.82, 2.24) is 0 Å². The van der Waals surface area contributed by atoms with Gasteiger partial charge >= 0.3 is 0 Å². The predicted molar refractivity (Wildman–Crippen MR) is 200 cm³/mol. The van der Waals surface area contributed by atoms with E-state index in [1.807, 2.05) is 0 Å². The Morgan fingerprint density at radius 1 is 0.340 bits per heavy atom. The molecule has 0 radical (unpaired) electrons. The molecule has 0 N–H and O–H groups in total. The lowest BCUT2D eigenvalue weighted by atomic mass is 9.84. The van der Waals surface area contributed by atoms with E-state index in [0.29, 0.717) is 0 Å². The van der Waals surface area contributed by atoms with Crippen LogP contribution in [0.3, 0.4) is 0 Å². The van der Waals surface area contributed by atoms with Crippen molar-refractivity contribution in [3.63, 3.8) is 0 Å². The van der Waals surface area contributed by atoms with Gasteiger partial charge in [-0.1, -0.05) is 145 Å². The summed E-state index contributed by atoms with van der Waals surface area (Å²) in [5.74, 6) is 0. The third-order valence-corrected chi connectivity index (χ3v) is 7.82. The molecule has 9 aromatic carbocycles. The molecule has 0 amide bonds. The molecular formula is C46H28O. The maximum absolute atomic E-state index is 10.0. The third-order valence-electron chi connectivity index (χ3n) is 7.82. The Kier molecular flexibility index (Phi) is 2.31. The Labute approximate surface area is 311 Å². The molecule has 0 atom stereocenters. The van der Waals surface area contributed by atoms with Crippen LogP contribution < -0.4 is 0 Å². The summed E-state index contributed by atoms with van der Waals surface area (Å²) in [6.07, 6.45) is 0. The predicted octanol–water partition coefficient (Wildman–Crippen LogP) is 13.2. The maximum atomic E-state index is 10.0. The number of fused-ring (bicyclic) bond motifs is 8. The van der Waals surface area contributed by atoms with Crippen molar-refractivity contribution in [3.05, 3.63) is 169 Å². The van der Waals surface area contributed by atoms with Gasteiger partial charge in [-0.3, -0.25) is 0 Å². The van der Waals surface area contributed by atoms with Gasteiger partial charge in [-0.2, -0.15) is 0 Å². The van der Waals surface area contributed by atoms with Gasteiger partial charge in [0.15, 0.2) is 0 Å². The van der Waals surface area contributed by atoms with Crippen LogP contribution in [0.2, 0.25) is 0 Å². The maximum Gasteiger partial charge on any atom is 0.136 e. The van der Waals surface area contributed by atoms with Gasteiger partial charge in [0, 0.05) is 10.8 Å². The van der Waals surface area contributed by atoms with Gasteiger partial charge in [0.25, 0.3) is 0 Å². The molecule has 1 aromatic heterocycles. The summed E-state index contributed by atoms with van der Waals surface area (Å²) in [6.45, 7) is 0. The lowest BCUT2D eigenvalue weighted by molar-refractivity contribution is 0.669. The fourth-order valence-electron chi connectivity index (χ4n) is 5.92. The summed E-state index contributed by atoms with van der Waals surface area (Å²) in [7, 11) is 0. The van der Waals surface area contributed by atoms with Gasteiger partial charge in [0.1, 0.15) is 11.2 Å². The van der Waals surface area contributed by atoms with Crippen LogP contribution in [0.25, 0.3) is 98.4 Å². The number of para-hydroxylation sites is 1. The fourth-order valence-corrected chi connectivity index (χ4v) is 5.92. The van der Waals surface area contributed by atoms with Crippen LogP contribution in [0.4, 0.5) is 0 Å². The van der Waals surface area contributed by atoms with E-state index >= 15 is 0 Å². The standard InChI is InChI=1S/C46H28O/c1-2-16-32-30(13-1)28-41(34-18-4-3-17-33(32)34)29-14-11-15-31(27-29)44-35-19-5-7-21-37(35)45(38-22-8-6-20-36(38)44)40-24-12-26-43-46(40)39-23-9-10-25-42(39)47-43/h1-28H/i1D,2D,3D,4D,5D,6D,7D,8D,9D,10D,11D,12D,13D,14D,15D,16D,17D,18D,19D,20D,21D,22D,23D,24D,25D,26D,27D,28D. The van der Waals surface area contributed by atoms with Gasteiger partial charge < -0.3 is 4.42 Å². The molecule has 1 nitrogen and oxygen atoms in total.